The molecule has 4 aliphatic rings. The number of benzene rings is 2. The van der Waals surface area contributed by atoms with Gasteiger partial charge in [-0.1, -0.05) is 24.6 Å². The number of nitrogens with one attached hydrogen (secondary N) is 1. The number of fused-ring (bicyclic) bond motifs is 4. The number of rotatable bonds is 3. The van der Waals surface area contributed by atoms with E-state index < -0.39 is 39.2 Å². The highest BCUT2D eigenvalue weighted by Crippen LogP contribution is 2.47. The summed E-state index contributed by atoms with van der Waals surface area (Å²) >= 11 is 6.41. The van der Waals surface area contributed by atoms with E-state index in [1.54, 1.807) is 44.0 Å². The van der Waals surface area contributed by atoms with Crippen LogP contribution in [0.15, 0.2) is 36.4 Å². The van der Waals surface area contributed by atoms with Gasteiger partial charge in [-0.05, 0) is 118 Å². The third-order valence-electron chi connectivity index (χ3n) is 11.4. The van der Waals surface area contributed by atoms with E-state index in [1.165, 1.54) is 11.1 Å². The van der Waals surface area contributed by atoms with E-state index >= 15 is 0 Å². The summed E-state index contributed by atoms with van der Waals surface area (Å²) in [5, 5.41) is 21.0. The van der Waals surface area contributed by atoms with Crippen molar-refractivity contribution >= 4 is 39.2 Å². The van der Waals surface area contributed by atoms with Crippen LogP contribution in [0.1, 0.15) is 73.9 Å². The number of likely N-dealkylation sites (N-methyl/N-ethyl adjacent to an activating group) is 1. The Hall–Kier alpha value is -2.86. The number of amides is 1. The summed E-state index contributed by atoms with van der Waals surface area (Å²) in [6.07, 6.45) is 4.64. The predicted octanol–water partition coefficient (Wildman–Crippen LogP) is 4.46. The van der Waals surface area contributed by atoms with E-state index in [0.29, 0.717) is 43.3 Å². The Bertz CT molecular complexity index is 1640. The number of halogens is 1. The molecule has 1 amide bonds. The number of aryl methyl sites for hydroxylation is 1. The smallest absolute Gasteiger partial charge is 0.317 e. The molecule has 1 fully saturated rings. The first-order chi connectivity index (χ1) is 22.3. The second kappa shape index (κ2) is 13.2. The van der Waals surface area contributed by atoms with Gasteiger partial charge in [-0.15, -0.1) is 0 Å². The van der Waals surface area contributed by atoms with E-state index in [-0.39, 0.29) is 35.4 Å². The fraction of sp³-hybridized carbons (Fsp3) is 0.600. The van der Waals surface area contributed by atoms with Gasteiger partial charge < -0.3 is 19.8 Å². The highest BCUT2D eigenvalue weighted by Gasteiger charge is 2.45. The number of aliphatic hydroxyl groups is 1. The molecule has 0 aromatic heterocycles. The van der Waals surface area contributed by atoms with Gasteiger partial charge in [0.15, 0.2) is 0 Å². The second-order valence-electron chi connectivity index (χ2n) is 14.4. The average Bonchev–Trinajstić information content (AvgIpc) is 3.14. The number of carboxylic acids is 1. The Morgan fingerprint density at radius 2 is 1.96 bits per heavy atom. The Labute approximate surface area is 282 Å². The molecule has 0 radical (unpaired) electrons. The van der Waals surface area contributed by atoms with Gasteiger partial charge in [-0.25, -0.2) is 13.1 Å². The maximum Gasteiger partial charge on any atom is 0.317 e. The van der Waals surface area contributed by atoms with Crippen molar-refractivity contribution in [3.8, 4) is 5.75 Å². The fourth-order valence-electron chi connectivity index (χ4n) is 8.33. The summed E-state index contributed by atoms with van der Waals surface area (Å²) in [6, 6.07) is 10.8. The van der Waals surface area contributed by atoms with Crippen molar-refractivity contribution < 1.29 is 33.0 Å². The van der Waals surface area contributed by atoms with Crippen LogP contribution in [0.5, 0.6) is 5.75 Å². The van der Waals surface area contributed by atoms with Crippen molar-refractivity contribution in [3.63, 3.8) is 0 Å². The number of carbonyl (C=O) groups excluding carboxylic acids is 1. The molecule has 0 unspecified atom stereocenters. The molecule has 7 atom stereocenters. The third-order valence-corrected chi connectivity index (χ3v) is 13.6. The number of hydrogen-bond donors (Lipinski definition) is 3. The van der Waals surface area contributed by atoms with E-state index in [1.807, 2.05) is 12.1 Å². The van der Waals surface area contributed by atoms with Crippen LogP contribution in [0.4, 0.5) is 5.69 Å². The number of anilines is 1. The van der Waals surface area contributed by atoms with Crippen LogP contribution in [0.25, 0.3) is 0 Å². The molecular weight excluding hydrogens is 642 g/mol. The highest BCUT2D eigenvalue weighted by molar-refractivity contribution is 7.90. The Morgan fingerprint density at radius 3 is 2.68 bits per heavy atom. The molecule has 47 heavy (non-hydrogen) atoms. The van der Waals surface area contributed by atoms with Gasteiger partial charge in [0.25, 0.3) is 5.91 Å². The van der Waals surface area contributed by atoms with Gasteiger partial charge >= 0.3 is 5.97 Å². The number of carboxylic acid groups (broad SMARTS) is 1. The molecule has 2 heterocycles. The fourth-order valence-corrected chi connectivity index (χ4v) is 9.81. The van der Waals surface area contributed by atoms with Crippen LogP contribution in [0.3, 0.4) is 0 Å². The monoisotopic (exact) mass is 687 g/mol. The van der Waals surface area contributed by atoms with Gasteiger partial charge in [0.05, 0.1) is 30.2 Å². The molecular formula is C35H46ClN3O7S. The zero-order chi connectivity index (χ0) is 33.7. The van der Waals surface area contributed by atoms with E-state index in [0.717, 1.165) is 37.8 Å². The molecule has 2 aromatic rings. The molecule has 2 aliphatic carbocycles. The molecule has 3 N–H and O–H groups in total. The molecule has 1 spiro atoms. The Balaban J connectivity index is 1.40. The zero-order valence-electron chi connectivity index (χ0n) is 27.3. The van der Waals surface area contributed by atoms with Crippen LogP contribution in [0, 0.1) is 17.8 Å². The molecule has 10 nitrogen and oxygen atoms in total. The largest absolute Gasteiger partial charge is 0.490 e. The molecule has 2 aromatic carbocycles. The van der Waals surface area contributed by atoms with Crippen LogP contribution >= 0.6 is 11.6 Å². The molecule has 256 valence electrons. The van der Waals surface area contributed by atoms with Crippen LogP contribution in [0.2, 0.25) is 5.02 Å². The minimum absolute atomic E-state index is 0.00703. The van der Waals surface area contributed by atoms with Crippen molar-refractivity contribution in [2.24, 2.45) is 17.8 Å². The number of ether oxygens (including phenoxy) is 1. The van der Waals surface area contributed by atoms with E-state index in [4.69, 9.17) is 16.3 Å². The third kappa shape index (κ3) is 6.86. The standard InChI is InChI=1S/C35H46ClN3O7S/c1-21-13-27(38(3)18-33(41)42)16-31(40)28-9-6-25(28)17-39-19-35(12-4-5-23-14-26(36)8-10-29(23)35)20-46-32-11-7-24(15-30(32)39)34(43)37-47(44,45)22(21)2/h7-8,10-11,14-15,21-22,25,27-28,31,40H,4-6,9,12-13,16-20H2,1-3H3,(H,37,43)(H,41,42)/t21-,22+,25-,27-,28+,31-,35-/m0/s1. The van der Waals surface area contributed by atoms with Crippen molar-refractivity contribution in [1.29, 1.82) is 0 Å². The summed E-state index contributed by atoms with van der Waals surface area (Å²) in [5.41, 5.74) is 3.08. The van der Waals surface area contributed by atoms with Gasteiger partial charge in [0.1, 0.15) is 5.75 Å². The first-order valence-corrected chi connectivity index (χ1v) is 18.7. The molecule has 2 bridgehead atoms. The lowest BCUT2D eigenvalue weighted by Crippen LogP contribution is -2.50. The SMILES string of the molecule is C[C@@H]1[C@@H](C)C[C@H](N(C)CC(=O)O)C[C@H](O)[C@@H]2CC[C@H]2CN2C[C@@]3(CCCc4cc(Cl)ccc43)COc3ccc(cc32)C(=O)NS1(=O)=O. The lowest BCUT2D eigenvalue weighted by atomic mass is 9.67. The van der Waals surface area contributed by atoms with Crippen molar-refractivity contribution in [1.82, 2.24) is 9.62 Å². The lowest BCUT2D eigenvalue weighted by molar-refractivity contribution is -0.138. The van der Waals surface area contributed by atoms with Crippen molar-refractivity contribution in [2.75, 3.05) is 38.2 Å². The van der Waals surface area contributed by atoms with Crippen molar-refractivity contribution in [2.45, 2.75) is 81.6 Å². The molecule has 12 heteroatoms. The number of aliphatic hydroxyl groups excluding tert-OH is 1. The number of carbonyl (C=O) groups is 2. The van der Waals surface area contributed by atoms with E-state index in [2.05, 4.69) is 15.7 Å². The quantitative estimate of drug-likeness (QED) is 0.427. The van der Waals surface area contributed by atoms with Gasteiger partial charge in [0.2, 0.25) is 10.0 Å². The maximum absolute atomic E-state index is 13.5. The summed E-state index contributed by atoms with van der Waals surface area (Å²) in [6.45, 7) is 4.86. The molecule has 2 aliphatic heterocycles. The molecule has 0 saturated heterocycles. The van der Waals surface area contributed by atoms with Crippen LogP contribution in [-0.4, -0.2) is 86.1 Å². The molecule has 1 saturated carbocycles. The van der Waals surface area contributed by atoms with Crippen molar-refractivity contribution in [3.05, 3.63) is 58.1 Å². The normalized spacial score (nSPS) is 32.3. The van der Waals surface area contributed by atoms with Crippen LogP contribution in [-0.2, 0) is 26.7 Å². The maximum atomic E-state index is 13.5. The predicted molar refractivity (Wildman–Crippen MR) is 181 cm³/mol. The Morgan fingerprint density at radius 1 is 1.17 bits per heavy atom. The van der Waals surface area contributed by atoms with Gasteiger partial charge in [-0.2, -0.15) is 0 Å². The minimum Gasteiger partial charge on any atom is -0.490 e. The summed E-state index contributed by atoms with van der Waals surface area (Å²) < 4.78 is 35.8. The minimum atomic E-state index is -4.08. The average molecular weight is 688 g/mol. The van der Waals surface area contributed by atoms with Gasteiger partial charge in [-0.3, -0.25) is 14.5 Å². The van der Waals surface area contributed by atoms with Gasteiger partial charge in [0, 0.05) is 35.1 Å². The lowest BCUT2D eigenvalue weighted by Gasteiger charge is -2.46. The number of nitrogens with zero attached hydrogens (tertiary/aromatic N) is 2. The topological polar surface area (TPSA) is 136 Å². The van der Waals surface area contributed by atoms with Crippen LogP contribution < -0.4 is 14.4 Å². The van der Waals surface area contributed by atoms with E-state index in [9.17, 15) is 28.2 Å². The zero-order valence-corrected chi connectivity index (χ0v) is 28.9. The first kappa shape index (κ1) is 34.0. The molecule has 6 rings (SSSR count). The second-order valence-corrected chi connectivity index (χ2v) is 16.9. The number of sulfonamides is 1. The number of hydrogen-bond acceptors (Lipinski definition) is 8. The number of aliphatic carboxylic acids is 1. The summed E-state index contributed by atoms with van der Waals surface area (Å²) in [4.78, 5) is 29.1. The Kier molecular flexibility index (Phi) is 9.56. The first-order valence-electron chi connectivity index (χ1n) is 16.7. The summed E-state index contributed by atoms with van der Waals surface area (Å²) in [5.74, 6) is -1.29. The highest BCUT2D eigenvalue weighted by atomic mass is 35.5. The summed E-state index contributed by atoms with van der Waals surface area (Å²) in [7, 11) is -2.38.